The molecule has 25 heavy (non-hydrogen) atoms. The van der Waals surface area contributed by atoms with E-state index in [1.165, 1.54) is 5.56 Å². The van der Waals surface area contributed by atoms with Gasteiger partial charge in [0.1, 0.15) is 5.69 Å². The topological polar surface area (TPSA) is 57.3 Å². The fourth-order valence-corrected chi connectivity index (χ4v) is 2.45. The summed E-state index contributed by atoms with van der Waals surface area (Å²) >= 11 is 5.88. The second kappa shape index (κ2) is 10.0. The molecule has 0 aliphatic carbocycles. The molecular weight excluding hydrogens is 336 g/mol. The number of hydrogen-bond acceptors (Lipinski definition) is 4. The smallest absolute Gasteiger partial charge is 0.269 e. The molecule has 1 aromatic heterocycles. The highest BCUT2D eigenvalue weighted by atomic mass is 35.5. The van der Waals surface area contributed by atoms with Gasteiger partial charge in [-0.25, -0.2) is 4.98 Å². The molecule has 1 aromatic carbocycles. The highest BCUT2D eigenvalue weighted by Gasteiger charge is 2.06. The van der Waals surface area contributed by atoms with E-state index in [1.54, 1.807) is 12.3 Å². The summed E-state index contributed by atoms with van der Waals surface area (Å²) < 4.78 is 0. The number of aromatic nitrogens is 1. The number of halogens is 1. The van der Waals surface area contributed by atoms with Gasteiger partial charge in [0.05, 0.1) is 11.9 Å². The molecule has 134 valence electrons. The summed E-state index contributed by atoms with van der Waals surface area (Å²) in [5.41, 5.74) is 2.56. The van der Waals surface area contributed by atoms with Gasteiger partial charge >= 0.3 is 0 Å². The zero-order valence-electron chi connectivity index (χ0n) is 14.8. The lowest BCUT2D eigenvalue weighted by Gasteiger charge is -2.10. The SMILES string of the molecule is CN(C)CCCNC(=O)c1ccc(NCCc2ccc(Cl)cc2)cn1. The number of nitrogens with one attached hydrogen (secondary N) is 2. The molecule has 2 rings (SSSR count). The predicted octanol–water partition coefficient (Wildman–Crippen LogP) is 3.07. The third kappa shape index (κ3) is 7.11. The molecule has 0 fully saturated rings. The lowest BCUT2D eigenvalue weighted by molar-refractivity contribution is 0.0947. The van der Waals surface area contributed by atoms with Gasteiger partial charge in [-0.3, -0.25) is 4.79 Å². The van der Waals surface area contributed by atoms with Crippen LogP contribution in [0.4, 0.5) is 5.69 Å². The zero-order valence-corrected chi connectivity index (χ0v) is 15.5. The molecule has 0 radical (unpaired) electrons. The van der Waals surface area contributed by atoms with Crippen LogP contribution in [-0.2, 0) is 6.42 Å². The first-order chi connectivity index (χ1) is 12.0. The second-order valence-corrected chi connectivity index (χ2v) is 6.58. The largest absolute Gasteiger partial charge is 0.383 e. The van der Waals surface area contributed by atoms with Crippen LogP contribution in [0, 0.1) is 0 Å². The average molecular weight is 361 g/mol. The van der Waals surface area contributed by atoms with Crippen molar-refractivity contribution in [1.29, 1.82) is 0 Å². The zero-order chi connectivity index (χ0) is 18.1. The van der Waals surface area contributed by atoms with Crippen LogP contribution in [0.3, 0.4) is 0 Å². The van der Waals surface area contributed by atoms with Crippen LogP contribution in [-0.4, -0.2) is 49.5 Å². The number of nitrogens with zero attached hydrogens (tertiary/aromatic N) is 2. The molecule has 2 aromatic rings. The van der Waals surface area contributed by atoms with Crippen LogP contribution in [0.15, 0.2) is 42.6 Å². The molecule has 6 heteroatoms. The Kier molecular flexibility index (Phi) is 7.70. The van der Waals surface area contributed by atoms with Gasteiger partial charge in [0.15, 0.2) is 0 Å². The van der Waals surface area contributed by atoms with E-state index >= 15 is 0 Å². The van der Waals surface area contributed by atoms with Gasteiger partial charge < -0.3 is 15.5 Å². The Bertz CT molecular complexity index is 656. The van der Waals surface area contributed by atoms with E-state index in [4.69, 9.17) is 11.6 Å². The van der Waals surface area contributed by atoms with Crippen LogP contribution in [0.25, 0.3) is 0 Å². The summed E-state index contributed by atoms with van der Waals surface area (Å²) in [6, 6.07) is 11.4. The monoisotopic (exact) mass is 360 g/mol. The van der Waals surface area contributed by atoms with E-state index in [0.29, 0.717) is 12.2 Å². The van der Waals surface area contributed by atoms with E-state index in [2.05, 4.69) is 20.5 Å². The van der Waals surface area contributed by atoms with Crippen molar-refractivity contribution < 1.29 is 4.79 Å². The Morgan fingerprint density at radius 1 is 1.12 bits per heavy atom. The standard InChI is InChI=1S/C19H25ClN4O/c1-24(2)13-3-11-22-19(25)18-9-8-17(14-23-18)21-12-10-15-4-6-16(20)7-5-15/h4-9,14,21H,3,10-13H2,1-2H3,(H,22,25). The Labute approximate surface area is 154 Å². The first-order valence-electron chi connectivity index (χ1n) is 8.42. The number of amides is 1. The first-order valence-corrected chi connectivity index (χ1v) is 8.79. The van der Waals surface area contributed by atoms with Crippen molar-refractivity contribution in [3.8, 4) is 0 Å². The van der Waals surface area contributed by atoms with Crippen LogP contribution in [0.2, 0.25) is 5.02 Å². The molecule has 2 N–H and O–H groups in total. The lowest BCUT2D eigenvalue weighted by atomic mass is 10.1. The van der Waals surface area contributed by atoms with Gasteiger partial charge in [-0.15, -0.1) is 0 Å². The molecule has 0 bridgehead atoms. The highest BCUT2D eigenvalue weighted by molar-refractivity contribution is 6.30. The molecule has 0 saturated carbocycles. The van der Waals surface area contributed by atoms with Crippen molar-refractivity contribution in [1.82, 2.24) is 15.2 Å². The van der Waals surface area contributed by atoms with Crippen molar-refractivity contribution in [3.63, 3.8) is 0 Å². The first kappa shape index (κ1) is 19.2. The summed E-state index contributed by atoms with van der Waals surface area (Å²) in [7, 11) is 4.03. The fraction of sp³-hybridized carbons (Fsp3) is 0.368. The van der Waals surface area contributed by atoms with Crippen molar-refractivity contribution in [2.45, 2.75) is 12.8 Å². The van der Waals surface area contributed by atoms with Gasteiger partial charge in [-0.05, 0) is 63.3 Å². The molecule has 0 aliphatic heterocycles. The number of pyridine rings is 1. The van der Waals surface area contributed by atoms with E-state index in [0.717, 1.165) is 36.6 Å². The summed E-state index contributed by atoms with van der Waals surface area (Å²) in [6.07, 6.45) is 3.50. The maximum absolute atomic E-state index is 12.0. The maximum Gasteiger partial charge on any atom is 0.269 e. The normalized spacial score (nSPS) is 10.7. The molecule has 1 heterocycles. The molecular formula is C19H25ClN4O. The summed E-state index contributed by atoms with van der Waals surface area (Å²) in [6.45, 7) is 2.39. The molecule has 0 aliphatic rings. The van der Waals surface area contributed by atoms with Crippen LogP contribution in [0.5, 0.6) is 0 Å². The summed E-state index contributed by atoms with van der Waals surface area (Å²) in [5, 5.41) is 6.94. The Hall–Kier alpha value is -2.11. The number of hydrogen-bond donors (Lipinski definition) is 2. The molecule has 0 atom stereocenters. The lowest BCUT2D eigenvalue weighted by Crippen LogP contribution is -2.27. The van der Waals surface area contributed by atoms with E-state index in [-0.39, 0.29) is 5.91 Å². The Balaban J connectivity index is 1.73. The fourth-order valence-electron chi connectivity index (χ4n) is 2.32. The van der Waals surface area contributed by atoms with E-state index in [9.17, 15) is 4.79 Å². The summed E-state index contributed by atoms with van der Waals surface area (Å²) in [4.78, 5) is 18.3. The van der Waals surface area contributed by atoms with Gasteiger partial charge in [0.2, 0.25) is 0 Å². The summed E-state index contributed by atoms with van der Waals surface area (Å²) in [5.74, 6) is -0.133. The van der Waals surface area contributed by atoms with E-state index in [1.807, 2.05) is 44.4 Å². The number of anilines is 1. The van der Waals surface area contributed by atoms with Crippen molar-refractivity contribution in [2.75, 3.05) is 39.0 Å². The van der Waals surface area contributed by atoms with E-state index < -0.39 is 0 Å². The second-order valence-electron chi connectivity index (χ2n) is 6.15. The average Bonchev–Trinajstić information content (AvgIpc) is 2.61. The van der Waals surface area contributed by atoms with Crippen LogP contribution >= 0.6 is 11.6 Å². The maximum atomic E-state index is 12.0. The Morgan fingerprint density at radius 2 is 1.88 bits per heavy atom. The predicted molar refractivity (Wildman–Crippen MR) is 103 cm³/mol. The number of rotatable bonds is 9. The van der Waals surface area contributed by atoms with Crippen molar-refractivity contribution in [3.05, 3.63) is 58.9 Å². The highest BCUT2D eigenvalue weighted by Crippen LogP contribution is 2.11. The van der Waals surface area contributed by atoms with Crippen molar-refractivity contribution >= 4 is 23.2 Å². The minimum atomic E-state index is -0.133. The molecule has 0 spiro atoms. The molecule has 1 amide bonds. The van der Waals surface area contributed by atoms with Gasteiger partial charge in [-0.1, -0.05) is 23.7 Å². The van der Waals surface area contributed by atoms with Gasteiger partial charge in [0.25, 0.3) is 5.91 Å². The minimum absolute atomic E-state index is 0.133. The number of carbonyl (C=O) groups excluding carboxylic acids is 1. The van der Waals surface area contributed by atoms with Gasteiger partial charge in [-0.2, -0.15) is 0 Å². The van der Waals surface area contributed by atoms with Gasteiger partial charge in [0, 0.05) is 18.1 Å². The Morgan fingerprint density at radius 3 is 2.52 bits per heavy atom. The quantitative estimate of drug-likeness (QED) is 0.675. The molecule has 0 saturated heterocycles. The third-order valence-corrected chi connectivity index (χ3v) is 3.97. The van der Waals surface area contributed by atoms with Crippen LogP contribution < -0.4 is 10.6 Å². The molecule has 5 nitrogen and oxygen atoms in total. The van der Waals surface area contributed by atoms with Crippen molar-refractivity contribution in [2.24, 2.45) is 0 Å². The van der Waals surface area contributed by atoms with Crippen LogP contribution in [0.1, 0.15) is 22.5 Å². The number of benzene rings is 1. The minimum Gasteiger partial charge on any atom is -0.383 e. The molecule has 0 unspecified atom stereocenters. The third-order valence-electron chi connectivity index (χ3n) is 3.72. The number of carbonyl (C=O) groups is 1.